The van der Waals surface area contributed by atoms with Gasteiger partial charge in [-0.05, 0) is 49.7 Å². The summed E-state index contributed by atoms with van der Waals surface area (Å²) in [6, 6.07) is 10.0. The smallest absolute Gasteiger partial charge is 0.312 e. The van der Waals surface area contributed by atoms with E-state index in [0.717, 1.165) is 24.8 Å². The van der Waals surface area contributed by atoms with Gasteiger partial charge in [-0.1, -0.05) is 50.3 Å². The minimum Gasteiger partial charge on any atom is -0.461 e. The predicted molar refractivity (Wildman–Crippen MR) is 86.7 cm³/mol. The van der Waals surface area contributed by atoms with Gasteiger partial charge in [-0.25, -0.2) is 0 Å². The molecule has 0 N–H and O–H groups in total. The van der Waals surface area contributed by atoms with E-state index in [2.05, 4.69) is 20.8 Å². The molecule has 2 heteroatoms. The molecule has 0 heterocycles. The molecule has 0 unspecified atom stereocenters. The Kier molecular flexibility index (Phi) is 5.22. The maximum Gasteiger partial charge on any atom is 0.312 e. The van der Waals surface area contributed by atoms with Crippen molar-refractivity contribution < 1.29 is 9.53 Å². The Hall–Kier alpha value is -1.57. The summed E-state index contributed by atoms with van der Waals surface area (Å²) >= 11 is 0. The third-order valence-electron chi connectivity index (χ3n) is 4.64. The number of rotatable bonds is 5. The monoisotopic (exact) mass is 286 g/mol. The first kappa shape index (κ1) is 15.8. The van der Waals surface area contributed by atoms with Crippen molar-refractivity contribution in [1.29, 1.82) is 0 Å². The first-order valence-electron chi connectivity index (χ1n) is 7.90. The first-order chi connectivity index (χ1) is 10.0. The lowest BCUT2D eigenvalue weighted by molar-refractivity contribution is -0.153. The molecule has 0 amide bonds. The minimum absolute atomic E-state index is 0.0386. The molecule has 1 aromatic carbocycles. The van der Waals surface area contributed by atoms with Crippen LogP contribution in [0.1, 0.15) is 45.6 Å². The summed E-state index contributed by atoms with van der Waals surface area (Å²) < 4.78 is 5.45. The molecule has 0 spiro atoms. The molecule has 1 aliphatic carbocycles. The molecule has 21 heavy (non-hydrogen) atoms. The molecule has 1 saturated carbocycles. The van der Waals surface area contributed by atoms with Crippen molar-refractivity contribution in [3.8, 4) is 0 Å². The van der Waals surface area contributed by atoms with Gasteiger partial charge in [-0.15, -0.1) is 0 Å². The second-order valence-corrected chi connectivity index (χ2v) is 6.72. The molecule has 114 valence electrons. The molecular formula is C19H26O2. The van der Waals surface area contributed by atoms with Gasteiger partial charge in [0.25, 0.3) is 0 Å². The fourth-order valence-electron chi connectivity index (χ4n) is 3.09. The fraction of sp³-hybridized carbons (Fsp3) is 0.526. The lowest BCUT2D eigenvalue weighted by Gasteiger charge is -2.22. The van der Waals surface area contributed by atoms with Gasteiger partial charge in [0.1, 0.15) is 6.61 Å². The number of carbonyl (C=O) groups is 1. The van der Waals surface area contributed by atoms with E-state index in [0.29, 0.717) is 18.4 Å². The van der Waals surface area contributed by atoms with Crippen LogP contribution in [0.4, 0.5) is 0 Å². The van der Waals surface area contributed by atoms with Crippen molar-refractivity contribution in [3.63, 3.8) is 0 Å². The SMILES string of the molecule is CC(C)[C@@H]1CC[C@@](C)(C(=O)OC/C=C\c2ccccc2)C1. The van der Waals surface area contributed by atoms with Gasteiger partial charge in [-0.2, -0.15) is 0 Å². The molecule has 1 aromatic rings. The lowest BCUT2D eigenvalue weighted by Crippen LogP contribution is -2.27. The molecule has 0 aromatic heterocycles. The van der Waals surface area contributed by atoms with Crippen molar-refractivity contribution in [2.24, 2.45) is 17.3 Å². The number of hydrogen-bond donors (Lipinski definition) is 0. The third-order valence-corrected chi connectivity index (χ3v) is 4.64. The number of benzene rings is 1. The first-order valence-corrected chi connectivity index (χ1v) is 7.90. The maximum absolute atomic E-state index is 12.3. The summed E-state index contributed by atoms with van der Waals surface area (Å²) in [5.41, 5.74) is 0.843. The van der Waals surface area contributed by atoms with Gasteiger partial charge in [0.15, 0.2) is 0 Å². The second kappa shape index (κ2) is 6.93. The van der Waals surface area contributed by atoms with Crippen LogP contribution in [-0.4, -0.2) is 12.6 Å². The van der Waals surface area contributed by atoms with Gasteiger partial charge >= 0.3 is 5.97 Å². The maximum atomic E-state index is 12.3. The highest BCUT2D eigenvalue weighted by molar-refractivity contribution is 5.77. The standard InChI is InChI=1S/C19H26O2/c1-15(2)17-11-12-19(3,14-17)18(20)21-13-7-10-16-8-5-4-6-9-16/h4-10,15,17H,11-14H2,1-3H3/b10-7-/t17-,19-/m1/s1. The second-order valence-electron chi connectivity index (χ2n) is 6.72. The third kappa shape index (κ3) is 4.20. The zero-order valence-corrected chi connectivity index (χ0v) is 13.3. The van der Waals surface area contributed by atoms with E-state index in [9.17, 15) is 4.79 Å². The van der Waals surface area contributed by atoms with Crippen LogP contribution in [0.3, 0.4) is 0 Å². The van der Waals surface area contributed by atoms with Gasteiger partial charge in [0.05, 0.1) is 5.41 Å². The molecule has 2 nitrogen and oxygen atoms in total. The number of ether oxygens (including phenoxy) is 1. The highest BCUT2D eigenvalue weighted by Gasteiger charge is 2.43. The van der Waals surface area contributed by atoms with Crippen LogP contribution >= 0.6 is 0 Å². The van der Waals surface area contributed by atoms with Gasteiger partial charge < -0.3 is 4.74 Å². The molecule has 2 rings (SSSR count). The number of hydrogen-bond acceptors (Lipinski definition) is 2. The van der Waals surface area contributed by atoms with Gasteiger partial charge in [0, 0.05) is 0 Å². The number of carbonyl (C=O) groups excluding carboxylic acids is 1. The quantitative estimate of drug-likeness (QED) is 0.733. The van der Waals surface area contributed by atoms with Crippen LogP contribution < -0.4 is 0 Å². The van der Waals surface area contributed by atoms with Crippen LogP contribution in [-0.2, 0) is 9.53 Å². The zero-order valence-electron chi connectivity index (χ0n) is 13.3. The summed E-state index contributed by atoms with van der Waals surface area (Å²) in [5, 5.41) is 0. The molecule has 2 atom stereocenters. The fourth-order valence-corrected chi connectivity index (χ4v) is 3.09. The van der Waals surface area contributed by atoms with Crippen molar-refractivity contribution in [1.82, 2.24) is 0 Å². The summed E-state index contributed by atoms with van der Waals surface area (Å²) in [4.78, 5) is 12.3. The van der Waals surface area contributed by atoms with E-state index in [1.165, 1.54) is 0 Å². The topological polar surface area (TPSA) is 26.3 Å². The molecule has 0 radical (unpaired) electrons. The van der Waals surface area contributed by atoms with Crippen LogP contribution in [0.2, 0.25) is 0 Å². The Balaban J connectivity index is 1.81. The number of esters is 1. The molecular weight excluding hydrogens is 260 g/mol. The Morgan fingerprint density at radius 2 is 2.10 bits per heavy atom. The van der Waals surface area contributed by atoms with Crippen LogP contribution in [0.25, 0.3) is 6.08 Å². The van der Waals surface area contributed by atoms with E-state index in [-0.39, 0.29) is 11.4 Å². The molecule has 0 saturated heterocycles. The van der Waals surface area contributed by atoms with Crippen molar-refractivity contribution >= 4 is 12.0 Å². The van der Waals surface area contributed by atoms with Gasteiger partial charge in [0.2, 0.25) is 0 Å². The summed E-state index contributed by atoms with van der Waals surface area (Å²) in [5.74, 6) is 1.27. The van der Waals surface area contributed by atoms with Crippen molar-refractivity contribution in [3.05, 3.63) is 42.0 Å². The van der Waals surface area contributed by atoms with Crippen LogP contribution in [0.15, 0.2) is 36.4 Å². The van der Waals surface area contributed by atoms with E-state index < -0.39 is 0 Å². The largest absolute Gasteiger partial charge is 0.461 e. The van der Waals surface area contributed by atoms with E-state index in [1.807, 2.05) is 42.5 Å². The average Bonchev–Trinajstić information content (AvgIpc) is 2.89. The Labute approximate surface area is 128 Å². The zero-order chi connectivity index (χ0) is 15.3. The van der Waals surface area contributed by atoms with E-state index in [1.54, 1.807) is 0 Å². The van der Waals surface area contributed by atoms with Crippen LogP contribution in [0.5, 0.6) is 0 Å². The summed E-state index contributed by atoms with van der Waals surface area (Å²) in [7, 11) is 0. The van der Waals surface area contributed by atoms with Gasteiger partial charge in [-0.3, -0.25) is 4.79 Å². The van der Waals surface area contributed by atoms with Crippen molar-refractivity contribution in [2.75, 3.05) is 6.61 Å². The summed E-state index contributed by atoms with van der Waals surface area (Å²) in [6.07, 6.45) is 6.96. The Bertz CT molecular complexity index is 490. The molecule has 1 fully saturated rings. The minimum atomic E-state index is -0.282. The molecule has 1 aliphatic rings. The molecule has 0 aliphatic heterocycles. The molecule has 0 bridgehead atoms. The Morgan fingerprint density at radius 1 is 1.38 bits per heavy atom. The predicted octanol–water partition coefficient (Wildman–Crippen LogP) is 4.71. The van der Waals surface area contributed by atoms with Crippen LogP contribution in [0, 0.1) is 17.3 Å². The van der Waals surface area contributed by atoms with E-state index >= 15 is 0 Å². The lowest BCUT2D eigenvalue weighted by atomic mass is 9.85. The van der Waals surface area contributed by atoms with Crippen molar-refractivity contribution in [2.45, 2.75) is 40.0 Å². The average molecular weight is 286 g/mol. The van der Waals surface area contributed by atoms with E-state index in [4.69, 9.17) is 4.74 Å². The Morgan fingerprint density at radius 3 is 2.71 bits per heavy atom. The highest BCUT2D eigenvalue weighted by atomic mass is 16.5. The highest BCUT2D eigenvalue weighted by Crippen LogP contribution is 2.45. The normalized spacial score (nSPS) is 25.6. The summed E-state index contributed by atoms with van der Waals surface area (Å²) in [6.45, 7) is 6.89.